The Balaban J connectivity index is 1.81. The number of cyclic esters (lactones) is 1. The van der Waals surface area contributed by atoms with Gasteiger partial charge in [-0.2, -0.15) is 0 Å². The van der Waals surface area contributed by atoms with Gasteiger partial charge in [-0.1, -0.05) is 24.8 Å². The monoisotopic (exact) mass is 349 g/mol. The number of carbonyl (C=O) groups is 1. The van der Waals surface area contributed by atoms with Crippen molar-refractivity contribution in [2.24, 2.45) is 4.99 Å². The maximum atomic E-state index is 12.1. The zero-order valence-corrected chi connectivity index (χ0v) is 14.5. The Labute approximate surface area is 152 Å². The fourth-order valence-corrected chi connectivity index (χ4v) is 2.40. The second-order valence-corrected chi connectivity index (χ2v) is 5.47. The molecule has 2 aromatic carbocycles. The fraction of sp³-hybridized carbons (Fsp3) is 0.143. The summed E-state index contributed by atoms with van der Waals surface area (Å²) in [5, 5.41) is 0. The van der Waals surface area contributed by atoms with Gasteiger partial charge in [0.15, 0.2) is 5.70 Å². The lowest BCUT2D eigenvalue weighted by Crippen LogP contribution is -2.05. The van der Waals surface area contributed by atoms with Crippen LogP contribution in [0.3, 0.4) is 0 Å². The van der Waals surface area contributed by atoms with Crippen LogP contribution in [0.5, 0.6) is 11.5 Å². The van der Waals surface area contributed by atoms with Crippen LogP contribution in [0, 0.1) is 0 Å². The molecule has 0 aromatic heterocycles. The molecule has 3 rings (SSSR count). The quantitative estimate of drug-likeness (QED) is 0.431. The number of nitrogens with zero attached hydrogens (tertiary/aromatic N) is 1. The third-order valence-corrected chi connectivity index (χ3v) is 3.56. The summed E-state index contributed by atoms with van der Waals surface area (Å²) in [5.74, 6) is 1.25. The summed E-state index contributed by atoms with van der Waals surface area (Å²) in [7, 11) is 0. The summed E-state index contributed by atoms with van der Waals surface area (Å²) in [4.78, 5) is 16.4. The van der Waals surface area contributed by atoms with Crippen molar-refractivity contribution in [3.8, 4) is 11.5 Å². The Hall–Kier alpha value is -3.34. The third-order valence-electron chi connectivity index (χ3n) is 3.56. The first kappa shape index (κ1) is 17.5. The van der Waals surface area contributed by atoms with E-state index in [1.165, 1.54) is 0 Å². The highest BCUT2D eigenvalue weighted by atomic mass is 16.6. The van der Waals surface area contributed by atoms with E-state index in [0.717, 1.165) is 11.3 Å². The molecule has 0 fully saturated rings. The maximum Gasteiger partial charge on any atom is 0.363 e. The number of hydrogen-bond donors (Lipinski definition) is 0. The number of carbonyl (C=O) groups excluding carboxylic acids is 1. The van der Waals surface area contributed by atoms with Crippen LogP contribution in [0.15, 0.2) is 71.9 Å². The van der Waals surface area contributed by atoms with E-state index < -0.39 is 5.97 Å². The van der Waals surface area contributed by atoms with Gasteiger partial charge in [-0.05, 0) is 55.0 Å². The Morgan fingerprint density at radius 1 is 1.12 bits per heavy atom. The Morgan fingerprint density at radius 3 is 2.65 bits per heavy atom. The molecule has 2 aromatic rings. The summed E-state index contributed by atoms with van der Waals surface area (Å²) in [5.41, 5.74) is 1.76. The summed E-state index contributed by atoms with van der Waals surface area (Å²) in [6, 6.07) is 14.6. The lowest BCUT2D eigenvalue weighted by atomic mass is 10.2. The van der Waals surface area contributed by atoms with Crippen LogP contribution in [-0.4, -0.2) is 25.1 Å². The van der Waals surface area contributed by atoms with Crippen LogP contribution in [0.4, 0.5) is 0 Å². The molecule has 0 N–H and O–H groups in total. The minimum Gasteiger partial charge on any atom is -0.494 e. The van der Waals surface area contributed by atoms with Crippen molar-refractivity contribution >= 4 is 17.9 Å². The number of benzene rings is 2. The molecule has 0 unspecified atom stereocenters. The van der Waals surface area contributed by atoms with Gasteiger partial charge in [-0.25, -0.2) is 9.79 Å². The average Bonchev–Trinajstić information content (AvgIpc) is 3.02. The predicted octanol–water partition coefficient (Wildman–Crippen LogP) is 3.99. The maximum absolute atomic E-state index is 12.1. The molecule has 1 aliphatic heterocycles. The van der Waals surface area contributed by atoms with Gasteiger partial charge in [-0.3, -0.25) is 0 Å². The molecule has 1 aliphatic rings. The number of rotatable bonds is 7. The van der Waals surface area contributed by atoms with Crippen molar-refractivity contribution in [1.29, 1.82) is 0 Å². The van der Waals surface area contributed by atoms with Gasteiger partial charge in [0.2, 0.25) is 5.90 Å². The molecular formula is C21H19NO4. The van der Waals surface area contributed by atoms with Gasteiger partial charge >= 0.3 is 5.97 Å². The first-order valence-corrected chi connectivity index (χ1v) is 8.29. The largest absolute Gasteiger partial charge is 0.494 e. The molecule has 0 radical (unpaired) electrons. The Bertz CT molecular complexity index is 866. The van der Waals surface area contributed by atoms with Crippen molar-refractivity contribution in [3.63, 3.8) is 0 Å². The number of esters is 1. The van der Waals surface area contributed by atoms with Crippen molar-refractivity contribution in [2.45, 2.75) is 6.92 Å². The van der Waals surface area contributed by atoms with E-state index in [1.54, 1.807) is 12.2 Å². The smallest absolute Gasteiger partial charge is 0.363 e. The van der Waals surface area contributed by atoms with Crippen LogP contribution in [0.2, 0.25) is 0 Å². The standard InChI is InChI=1S/C21H19NO4/c1-3-12-25-18-7-5-6-15(13-18)14-19-21(23)26-20(22-19)16-8-10-17(11-9-16)24-4-2/h3,5-11,13-14H,1,4,12H2,2H3/b19-14-. The minimum absolute atomic E-state index is 0.245. The fourth-order valence-electron chi connectivity index (χ4n) is 2.40. The van der Waals surface area contributed by atoms with E-state index >= 15 is 0 Å². The van der Waals surface area contributed by atoms with Gasteiger partial charge < -0.3 is 14.2 Å². The molecule has 132 valence electrons. The highest BCUT2D eigenvalue weighted by Gasteiger charge is 2.24. The van der Waals surface area contributed by atoms with E-state index in [2.05, 4.69) is 11.6 Å². The van der Waals surface area contributed by atoms with Crippen molar-refractivity contribution in [1.82, 2.24) is 0 Å². The third kappa shape index (κ3) is 4.19. The highest BCUT2D eigenvalue weighted by Crippen LogP contribution is 2.22. The number of hydrogen-bond acceptors (Lipinski definition) is 5. The van der Waals surface area contributed by atoms with E-state index in [1.807, 2.05) is 55.5 Å². The molecule has 0 aliphatic carbocycles. The molecule has 1 heterocycles. The zero-order chi connectivity index (χ0) is 18.4. The second-order valence-electron chi connectivity index (χ2n) is 5.47. The van der Waals surface area contributed by atoms with Crippen molar-refractivity contribution < 1.29 is 19.0 Å². The molecular weight excluding hydrogens is 330 g/mol. The Kier molecular flexibility index (Phi) is 5.49. The molecule has 0 saturated heterocycles. The van der Waals surface area contributed by atoms with Crippen LogP contribution in [-0.2, 0) is 9.53 Å². The van der Waals surface area contributed by atoms with Gasteiger partial charge in [-0.15, -0.1) is 0 Å². The lowest BCUT2D eigenvalue weighted by molar-refractivity contribution is -0.129. The Morgan fingerprint density at radius 2 is 1.92 bits per heavy atom. The molecule has 26 heavy (non-hydrogen) atoms. The van der Waals surface area contributed by atoms with E-state index in [4.69, 9.17) is 14.2 Å². The summed E-state index contributed by atoms with van der Waals surface area (Å²) in [6.45, 7) is 6.56. The zero-order valence-electron chi connectivity index (χ0n) is 14.5. The molecule has 5 nitrogen and oxygen atoms in total. The van der Waals surface area contributed by atoms with Gasteiger partial charge in [0.1, 0.15) is 18.1 Å². The van der Waals surface area contributed by atoms with Crippen LogP contribution >= 0.6 is 0 Å². The van der Waals surface area contributed by atoms with Crippen LogP contribution < -0.4 is 9.47 Å². The number of aliphatic imine (C=N–C) groups is 1. The van der Waals surface area contributed by atoms with E-state index in [9.17, 15) is 4.79 Å². The molecule has 0 spiro atoms. The lowest BCUT2D eigenvalue weighted by Gasteiger charge is -2.03. The van der Waals surface area contributed by atoms with Crippen LogP contribution in [0.1, 0.15) is 18.1 Å². The van der Waals surface area contributed by atoms with E-state index in [-0.39, 0.29) is 11.6 Å². The summed E-state index contributed by atoms with van der Waals surface area (Å²) >= 11 is 0. The molecule has 5 heteroatoms. The first-order chi connectivity index (χ1) is 12.7. The predicted molar refractivity (Wildman–Crippen MR) is 100 cm³/mol. The molecule has 0 bridgehead atoms. The van der Waals surface area contributed by atoms with Crippen molar-refractivity contribution in [2.75, 3.05) is 13.2 Å². The van der Waals surface area contributed by atoms with Gasteiger partial charge in [0, 0.05) is 5.56 Å². The molecule has 0 atom stereocenters. The van der Waals surface area contributed by atoms with E-state index in [0.29, 0.717) is 24.5 Å². The summed E-state index contributed by atoms with van der Waals surface area (Å²) < 4.78 is 16.2. The highest BCUT2D eigenvalue weighted by molar-refractivity contribution is 6.12. The minimum atomic E-state index is -0.480. The first-order valence-electron chi connectivity index (χ1n) is 8.29. The SMILES string of the molecule is C=CCOc1cccc(/C=C2\N=C(c3ccc(OCC)cc3)OC2=O)c1. The number of ether oxygens (including phenoxy) is 3. The van der Waals surface area contributed by atoms with Crippen molar-refractivity contribution in [3.05, 3.63) is 78.0 Å². The average molecular weight is 349 g/mol. The van der Waals surface area contributed by atoms with Crippen LogP contribution in [0.25, 0.3) is 6.08 Å². The summed E-state index contributed by atoms with van der Waals surface area (Å²) in [6.07, 6.45) is 3.34. The molecule has 0 amide bonds. The molecule has 0 saturated carbocycles. The topological polar surface area (TPSA) is 57.1 Å². The van der Waals surface area contributed by atoms with Gasteiger partial charge in [0.25, 0.3) is 0 Å². The second kappa shape index (κ2) is 8.16. The normalized spacial score (nSPS) is 14.7. The van der Waals surface area contributed by atoms with Gasteiger partial charge in [0.05, 0.1) is 6.61 Å².